The Morgan fingerprint density at radius 1 is 0.967 bits per heavy atom. The summed E-state index contributed by atoms with van der Waals surface area (Å²) in [5, 5.41) is 5.61. The van der Waals surface area contributed by atoms with E-state index in [1.807, 2.05) is 66.0 Å². The van der Waals surface area contributed by atoms with Crippen LogP contribution in [0.5, 0.6) is 0 Å². The summed E-state index contributed by atoms with van der Waals surface area (Å²) in [4.78, 5) is 31.4. The molecule has 2 aromatic heterocycles. The van der Waals surface area contributed by atoms with Gasteiger partial charge < -0.3 is 11.1 Å². The highest BCUT2D eigenvalue weighted by atomic mass is 32.1. The first kappa shape index (κ1) is 20.0. The van der Waals surface area contributed by atoms with Crippen molar-refractivity contribution in [3.63, 3.8) is 0 Å². The van der Waals surface area contributed by atoms with Crippen LogP contribution in [0.15, 0.2) is 78.2 Å². The molecular formula is C23H19N3O2S2. The lowest BCUT2D eigenvalue weighted by molar-refractivity contribution is -0.127. The highest BCUT2D eigenvalue weighted by Crippen LogP contribution is 2.36. The second-order valence-electron chi connectivity index (χ2n) is 6.62. The van der Waals surface area contributed by atoms with Gasteiger partial charge in [-0.2, -0.15) is 0 Å². The van der Waals surface area contributed by atoms with E-state index in [0.29, 0.717) is 5.56 Å². The number of hydrogen-bond donors (Lipinski definition) is 2. The number of primary amides is 1. The number of aromatic nitrogens is 1. The first-order chi connectivity index (χ1) is 14.6. The molecule has 150 valence electrons. The molecule has 0 aliphatic carbocycles. The SMILES string of the molecule is NC(=O)C(NC(=O)Cc1sc(-c2ccccc2)nc1-c1cccs1)c1ccccc1. The van der Waals surface area contributed by atoms with Crippen molar-refractivity contribution in [2.45, 2.75) is 12.5 Å². The Bertz CT molecular complexity index is 1140. The van der Waals surface area contributed by atoms with E-state index in [4.69, 9.17) is 10.7 Å². The molecule has 0 spiro atoms. The van der Waals surface area contributed by atoms with Gasteiger partial charge in [-0.1, -0.05) is 66.7 Å². The van der Waals surface area contributed by atoms with Crippen molar-refractivity contribution in [3.8, 4) is 21.1 Å². The predicted molar refractivity (Wildman–Crippen MR) is 121 cm³/mol. The summed E-state index contributed by atoms with van der Waals surface area (Å²) in [6, 6.07) is 22.0. The van der Waals surface area contributed by atoms with Crippen molar-refractivity contribution in [3.05, 3.63) is 88.6 Å². The molecule has 1 atom stereocenters. The Kier molecular flexibility index (Phi) is 6.02. The largest absolute Gasteiger partial charge is 0.368 e. The van der Waals surface area contributed by atoms with Crippen LogP contribution in [0.3, 0.4) is 0 Å². The van der Waals surface area contributed by atoms with Gasteiger partial charge >= 0.3 is 0 Å². The van der Waals surface area contributed by atoms with E-state index in [2.05, 4.69) is 5.32 Å². The summed E-state index contributed by atoms with van der Waals surface area (Å²) in [6.07, 6.45) is 0.119. The zero-order valence-corrected chi connectivity index (χ0v) is 17.6. The summed E-state index contributed by atoms with van der Waals surface area (Å²) < 4.78 is 0. The third kappa shape index (κ3) is 4.48. The number of amides is 2. The molecule has 4 aromatic rings. The molecule has 2 heterocycles. The van der Waals surface area contributed by atoms with Gasteiger partial charge in [-0.25, -0.2) is 4.98 Å². The molecule has 5 nitrogen and oxygen atoms in total. The molecule has 2 amide bonds. The summed E-state index contributed by atoms with van der Waals surface area (Å²) in [5.74, 6) is -0.869. The maximum Gasteiger partial charge on any atom is 0.244 e. The normalized spacial score (nSPS) is 11.7. The standard InChI is InChI=1S/C23H19N3O2S2/c24-22(28)20(15-8-3-1-4-9-15)25-19(27)14-18-21(17-12-7-13-29-17)26-23(30-18)16-10-5-2-6-11-16/h1-13,20H,14H2,(H2,24,28)(H,25,27). The fraction of sp³-hybridized carbons (Fsp3) is 0.0870. The maximum atomic E-state index is 12.8. The molecule has 0 radical (unpaired) electrons. The van der Waals surface area contributed by atoms with Crippen LogP contribution >= 0.6 is 22.7 Å². The molecule has 1 unspecified atom stereocenters. The van der Waals surface area contributed by atoms with Gasteiger partial charge in [-0.15, -0.1) is 22.7 Å². The third-order valence-corrected chi connectivity index (χ3v) is 6.50. The number of nitrogens with two attached hydrogens (primary N) is 1. The van der Waals surface area contributed by atoms with Crippen LogP contribution in [0.2, 0.25) is 0 Å². The van der Waals surface area contributed by atoms with Crippen LogP contribution in [-0.2, 0) is 16.0 Å². The van der Waals surface area contributed by atoms with Gasteiger partial charge in [0.25, 0.3) is 0 Å². The lowest BCUT2D eigenvalue weighted by atomic mass is 10.1. The van der Waals surface area contributed by atoms with E-state index >= 15 is 0 Å². The van der Waals surface area contributed by atoms with Crippen molar-refractivity contribution < 1.29 is 9.59 Å². The fourth-order valence-electron chi connectivity index (χ4n) is 3.10. The molecule has 0 saturated carbocycles. The van der Waals surface area contributed by atoms with Gasteiger partial charge in [0.1, 0.15) is 11.0 Å². The maximum absolute atomic E-state index is 12.8. The monoisotopic (exact) mass is 433 g/mol. The first-order valence-corrected chi connectivity index (χ1v) is 11.0. The second kappa shape index (κ2) is 9.02. The molecule has 0 fully saturated rings. The highest BCUT2D eigenvalue weighted by Gasteiger charge is 2.23. The minimum atomic E-state index is -0.870. The van der Waals surface area contributed by atoms with Crippen LogP contribution in [0.1, 0.15) is 16.5 Å². The molecular weight excluding hydrogens is 414 g/mol. The number of benzene rings is 2. The fourth-order valence-corrected chi connectivity index (χ4v) is 4.99. The van der Waals surface area contributed by atoms with Crippen molar-refractivity contribution in [2.24, 2.45) is 5.73 Å². The average molecular weight is 434 g/mol. The number of rotatable bonds is 7. The van der Waals surface area contributed by atoms with Crippen molar-refractivity contribution in [1.82, 2.24) is 10.3 Å². The number of nitrogens with one attached hydrogen (secondary N) is 1. The van der Waals surface area contributed by atoms with E-state index in [9.17, 15) is 9.59 Å². The summed E-state index contributed by atoms with van der Waals surface area (Å²) in [6.45, 7) is 0. The van der Waals surface area contributed by atoms with E-state index in [0.717, 1.165) is 26.0 Å². The van der Waals surface area contributed by atoms with Gasteiger partial charge in [0.05, 0.1) is 17.0 Å². The number of nitrogens with zero attached hydrogens (tertiary/aromatic N) is 1. The molecule has 3 N–H and O–H groups in total. The Morgan fingerprint density at radius 3 is 2.30 bits per heavy atom. The van der Waals surface area contributed by atoms with Gasteiger partial charge in [0, 0.05) is 10.4 Å². The smallest absolute Gasteiger partial charge is 0.244 e. The van der Waals surface area contributed by atoms with E-state index in [-0.39, 0.29) is 12.3 Å². The van der Waals surface area contributed by atoms with Crippen LogP contribution < -0.4 is 11.1 Å². The lowest BCUT2D eigenvalue weighted by Gasteiger charge is -2.15. The quantitative estimate of drug-likeness (QED) is 0.452. The number of hydrogen-bond acceptors (Lipinski definition) is 5. The topological polar surface area (TPSA) is 85.1 Å². The average Bonchev–Trinajstić information content (AvgIpc) is 3.43. The van der Waals surface area contributed by atoms with Crippen LogP contribution in [-0.4, -0.2) is 16.8 Å². The lowest BCUT2D eigenvalue weighted by Crippen LogP contribution is -2.38. The molecule has 0 aliphatic heterocycles. The second-order valence-corrected chi connectivity index (χ2v) is 8.66. The highest BCUT2D eigenvalue weighted by molar-refractivity contribution is 7.17. The van der Waals surface area contributed by atoms with Gasteiger partial charge in [-0.3, -0.25) is 9.59 Å². The van der Waals surface area contributed by atoms with Gasteiger partial charge in [-0.05, 0) is 17.0 Å². The van der Waals surface area contributed by atoms with Crippen LogP contribution in [0, 0.1) is 0 Å². The zero-order valence-electron chi connectivity index (χ0n) is 15.9. The van der Waals surface area contributed by atoms with Crippen molar-refractivity contribution in [2.75, 3.05) is 0 Å². The van der Waals surface area contributed by atoms with Gasteiger partial charge in [0.2, 0.25) is 11.8 Å². The zero-order chi connectivity index (χ0) is 20.9. The Balaban J connectivity index is 1.61. The molecule has 0 saturated heterocycles. The molecule has 4 rings (SSSR count). The predicted octanol–water partition coefficient (Wildman–Crippen LogP) is 4.42. The molecule has 0 aliphatic rings. The van der Waals surface area contributed by atoms with E-state index in [1.165, 1.54) is 11.3 Å². The van der Waals surface area contributed by atoms with E-state index in [1.54, 1.807) is 23.5 Å². The van der Waals surface area contributed by atoms with Gasteiger partial charge in [0.15, 0.2) is 0 Å². The molecule has 30 heavy (non-hydrogen) atoms. The minimum Gasteiger partial charge on any atom is -0.368 e. The van der Waals surface area contributed by atoms with E-state index < -0.39 is 11.9 Å². The Hall–Kier alpha value is -3.29. The first-order valence-electron chi connectivity index (χ1n) is 9.34. The summed E-state index contributed by atoms with van der Waals surface area (Å²) >= 11 is 3.07. The number of carbonyl (C=O) groups is 2. The number of thiophene rings is 1. The molecule has 0 bridgehead atoms. The molecule has 2 aromatic carbocycles. The summed E-state index contributed by atoms with van der Waals surface area (Å²) in [5.41, 5.74) is 8.01. The van der Waals surface area contributed by atoms with Crippen LogP contribution in [0.4, 0.5) is 0 Å². The van der Waals surface area contributed by atoms with Crippen molar-refractivity contribution >= 4 is 34.5 Å². The summed E-state index contributed by atoms with van der Waals surface area (Å²) in [7, 11) is 0. The number of carbonyl (C=O) groups excluding carboxylic acids is 2. The number of thiazole rings is 1. The third-order valence-electron chi connectivity index (χ3n) is 4.52. The molecule has 7 heteroatoms. The van der Waals surface area contributed by atoms with Crippen LogP contribution in [0.25, 0.3) is 21.1 Å². The minimum absolute atomic E-state index is 0.119. The Morgan fingerprint density at radius 2 is 1.67 bits per heavy atom. The Labute approximate surface area is 182 Å². The van der Waals surface area contributed by atoms with Crippen molar-refractivity contribution in [1.29, 1.82) is 0 Å².